The van der Waals surface area contributed by atoms with Gasteiger partial charge in [-0.3, -0.25) is 4.79 Å². The van der Waals surface area contributed by atoms with Gasteiger partial charge in [-0.05, 0) is 34.1 Å². The van der Waals surface area contributed by atoms with Gasteiger partial charge in [0.1, 0.15) is 0 Å². The number of alkyl halides is 2. The van der Waals surface area contributed by atoms with E-state index in [9.17, 15) is 22.0 Å². The third-order valence-corrected chi connectivity index (χ3v) is 4.15. The Labute approximate surface area is 117 Å². The fraction of sp³-hybridized carbons (Fsp3) is 0.300. The van der Waals surface area contributed by atoms with Gasteiger partial charge in [-0.25, -0.2) is 22.3 Å². The maximum atomic E-state index is 12.2. The Morgan fingerprint density at radius 3 is 2.53 bits per heavy atom. The number of nitrogens with two attached hydrogens (primary N) is 1. The maximum Gasteiger partial charge on any atom is 0.255 e. The highest BCUT2D eigenvalue weighted by atomic mass is 79.9. The number of rotatable bonds is 4. The highest BCUT2D eigenvalue weighted by Crippen LogP contribution is 2.22. The molecule has 1 aromatic rings. The molecule has 0 spiro atoms. The number of hydrogen-bond acceptors (Lipinski definition) is 3. The number of benzene rings is 1. The summed E-state index contributed by atoms with van der Waals surface area (Å²) in [7, 11) is -2.80. The molecular formula is C10H11BrF2N2O3S. The molecule has 0 atom stereocenters. The average Bonchev–Trinajstić information content (AvgIpc) is 2.26. The van der Waals surface area contributed by atoms with Crippen LogP contribution in [0.5, 0.6) is 0 Å². The largest absolute Gasteiger partial charge is 0.336 e. The van der Waals surface area contributed by atoms with Crippen LogP contribution in [0.1, 0.15) is 10.4 Å². The SMILES string of the molecule is CN(CC(F)F)C(=O)c1ccc(Br)c(S(N)(=O)=O)c1. The normalized spacial score (nSPS) is 11.7. The van der Waals surface area contributed by atoms with Crippen LogP contribution in [0.2, 0.25) is 0 Å². The summed E-state index contributed by atoms with van der Waals surface area (Å²) >= 11 is 2.99. The van der Waals surface area contributed by atoms with Gasteiger partial charge in [0.25, 0.3) is 12.3 Å². The van der Waals surface area contributed by atoms with E-state index in [0.717, 1.165) is 11.0 Å². The standard InChI is InChI=1S/C10H11BrF2N2O3S/c1-15(5-9(12)13)10(16)6-2-3-7(11)8(4-6)19(14,17)18/h2-4,9H,5H2,1H3,(H2,14,17,18). The van der Waals surface area contributed by atoms with E-state index in [1.165, 1.54) is 19.2 Å². The van der Waals surface area contributed by atoms with Crippen LogP contribution >= 0.6 is 15.9 Å². The zero-order valence-corrected chi connectivity index (χ0v) is 12.2. The molecule has 0 unspecified atom stereocenters. The second-order valence-corrected chi connectivity index (χ2v) is 6.15. The Morgan fingerprint density at radius 2 is 2.05 bits per heavy atom. The van der Waals surface area contributed by atoms with Crippen LogP contribution in [-0.2, 0) is 10.0 Å². The molecule has 0 aliphatic heterocycles. The molecule has 0 radical (unpaired) electrons. The first-order valence-corrected chi connectivity index (χ1v) is 7.33. The van der Waals surface area contributed by atoms with E-state index < -0.39 is 28.9 Å². The average molecular weight is 357 g/mol. The van der Waals surface area contributed by atoms with E-state index in [4.69, 9.17) is 5.14 Å². The lowest BCUT2D eigenvalue weighted by Gasteiger charge is -2.17. The molecule has 0 bridgehead atoms. The number of amides is 1. The molecule has 9 heteroatoms. The summed E-state index contributed by atoms with van der Waals surface area (Å²) < 4.78 is 47.1. The molecular weight excluding hydrogens is 346 g/mol. The Hall–Kier alpha value is -1.06. The van der Waals surface area contributed by atoms with Crippen molar-refractivity contribution in [2.45, 2.75) is 11.3 Å². The van der Waals surface area contributed by atoms with Crippen molar-refractivity contribution in [2.75, 3.05) is 13.6 Å². The molecule has 0 aromatic heterocycles. The quantitative estimate of drug-likeness (QED) is 0.885. The van der Waals surface area contributed by atoms with Crippen LogP contribution in [0.3, 0.4) is 0 Å². The van der Waals surface area contributed by atoms with Crippen LogP contribution in [0.15, 0.2) is 27.6 Å². The lowest BCUT2D eigenvalue weighted by atomic mass is 10.2. The van der Waals surface area contributed by atoms with Crippen molar-refractivity contribution in [3.05, 3.63) is 28.2 Å². The molecule has 0 aliphatic rings. The summed E-state index contributed by atoms with van der Waals surface area (Å²) in [5.41, 5.74) is -0.0321. The number of halogens is 3. The number of sulfonamides is 1. The van der Waals surface area contributed by atoms with Crippen molar-refractivity contribution in [1.29, 1.82) is 0 Å². The van der Waals surface area contributed by atoms with E-state index >= 15 is 0 Å². The third kappa shape index (κ3) is 4.22. The molecule has 0 heterocycles. The van der Waals surface area contributed by atoms with Gasteiger partial charge in [-0.15, -0.1) is 0 Å². The van der Waals surface area contributed by atoms with Crippen molar-refractivity contribution in [2.24, 2.45) is 5.14 Å². The smallest absolute Gasteiger partial charge is 0.255 e. The predicted octanol–water partition coefficient (Wildman–Crippen LogP) is 1.43. The Balaban J connectivity index is 3.13. The zero-order valence-electron chi connectivity index (χ0n) is 9.81. The summed E-state index contributed by atoms with van der Waals surface area (Å²) in [4.78, 5) is 12.3. The van der Waals surface area contributed by atoms with Crippen molar-refractivity contribution in [1.82, 2.24) is 4.90 Å². The van der Waals surface area contributed by atoms with Gasteiger partial charge in [-0.1, -0.05) is 0 Å². The number of carbonyl (C=O) groups is 1. The van der Waals surface area contributed by atoms with Gasteiger partial charge >= 0.3 is 0 Å². The van der Waals surface area contributed by atoms with Crippen LogP contribution in [0, 0.1) is 0 Å². The Morgan fingerprint density at radius 1 is 1.47 bits per heavy atom. The molecule has 5 nitrogen and oxygen atoms in total. The van der Waals surface area contributed by atoms with Gasteiger partial charge in [0, 0.05) is 17.1 Å². The van der Waals surface area contributed by atoms with E-state index in [0.29, 0.717) is 0 Å². The highest BCUT2D eigenvalue weighted by molar-refractivity contribution is 9.10. The number of primary sulfonamides is 1. The summed E-state index contributed by atoms with van der Waals surface area (Å²) in [6.45, 7) is -0.737. The topological polar surface area (TPSA) is 80.5 Å². The molecule has 0 saturated carbocycles. The Kier molecular flexibility index (Phi) is 4.99. The minimum atomic E-state index is -4.00. The van der Waals surface area contributed by atoms with E-state index in [2.05, 4.69) is 15.9 Å². The van der Waals surface area contributed by atoms with Crippen LogP contribution in [0.4, 0.5) is 8.78 Å². The minimum absolute atomic E-state index is 0.0321. The molecule has 0 aliphatic carbocycles. The molecule has 1 aromatic carbocycles. The number of hydrogen-bond donors (Lipinski definition) is 1. The predicted molar refractivity (Wildman–Crippen MR) is 68.5 cm³/mol. The lowest BCUT2D eigenvalue weighted by molar-refractivity contribution is 0.0620. The summed E-state index contributed by atoms with van der Waals surface area (Å²) in [5.74, 6) is -0.710. The lowest BCUT2D eigenvalue weighted by Crippen LogP contribution is -2.31. The van der Waals surface area contributed by atoms with Crippen molar-refractivity contribution in [3.8, 4) is 0 Å². The van der Waals surface area contributed by atoms with E-state index in [1.54, 1.807) is 0 Å². The molecule has 1 rings (SSSR count). The molecule has 19 heavy (non-hydrogen) atoms. The molecule has 106 valence electrons. The monoisotopic (exact) mass is 356 g/mol. The van der Waals surface area contributed by atoms with Crippen molar-refractivity contribution >= 4 is 31.9 Å². The summed E-state index contributed by atoms with van der Waals surface area (Å²) in [5, 5.41) is 4.98. The summed E-state index contributed by atoms with van der Waals surface area (Å²) in [6.07, 6.45) is -2.66. The minimum Gasteiger partial charge on any atom is -0.336 e. The second-order valence-electron chi connectivity index (χ2n) is 3.77. The van der Waals surface area contributed by atoms with Gasteiger partial charge < -0.3 is 4.90 Å². The second kappa shape index (κ2) is 5.93. The van der Waals surface area contributed by atoms with Crippen LogP contribution in [0.25, 0.3) is 0 Å². The molecule has 2 N–H and O–H groups in total. The molecule has 0 fully saturated rings. The maximum absolute atomic E-state index is 12.2. The van der Waals surface area contributed by atoms with Crippen molar-refractivity contribution < 1.29 is 22.0 Å². The fourth-order valence-corrected chi connectivity index (χ4v) is 2.92. The van der Waals surface area contributed by atoms with Gasteiger partial charge in [0.15, 0.2) is 0 Å². The zero-order chi connectivity index (χ0) is 14.8. The van der Waals surface area contributed by atoms with Crippen LogP contribution < -0.4 is 5.14 Å². The number of nitrogens with zero attached hydrogens (tertiary/aromatic N) is 1. The first-order chi connectivity index (χ1) is 8.62. The highest BCUT2D eigenvalue weighted by Gasteiger charge is 2.19. The van der Waals surface area contributed by atoms with Crippen LogP contribution in [-0.4, -0.2) is 39.2 Å². The summed E-state index contributed by atoms with van der Waals surface area (Å²) in [6, 6.07) is 3.69. The number of carbonyl (C=O) groups excluding carboxylic acids is 1. The molecule has 1 amide bonds. The molecule has 0 saturated heterocycles. The fourth-order valence-electron chi connectivity index (χ4n) is 1.36. The van der Waals surface area contributed by atoms with Crippen molar-refractivity contribution in [3.63, 3.8) is 0 Å². The van der Waals surface area contributed by atoms with Gasteiger partial charge in [-0.2, -0.15) is 0 Å². The first-order valence-electron chi connectivity index (χ1n) is 4.99. The van der Waals surface area contributed by atoms with E-state index in [1.807, 2.05) is 0 Å². The Bertz CT molecular complexity index is 592. The first kappa shape index (κ1) is 16.0. The third-order valence-electron chi connectivity index (χ3n) is 2.24. The van der Waals surface area contributed by atoms with Gasteiger partial charge in [0.05, 0.1) is 11.4 Å². The van der Waals surface area contributed by atoms with Gasteiger partial charge in [0.2, 0.25) is 10.0 Å². The van der Waals surface area contributed by atoms with E-state index in [-0.39, 0.29) is 14.9 Å².